The van der Waals surface area contributed by atoms with Crippen molar-refractivity contribution in [1.82, 2.24) is 4.90 Å². The van der Waals surface area contributed by atoms with Gasteiger partial charge in [-0.05, 0) is 88.4 Å². The van der Waals surface area contributed by atoms with Crippen LogP contribution in [0.3, 0.4) is 0 Å². The molecule has 2 aromatic rings. The molecule has 2 aliphatic carbocycles. The molecule has 0 bridgehead atoms. The summed E-state index contributed by atoms with van der Waals surface area (Å²) in [6, 6.07) is 15.4. The topological polar surface area (TPSA) is 55.8 Å². The molecule has 4 aliphatic rings. The van der Waals surface area contributed by atoms with Gasteiger partial charge in [-0.3, -0.25) is 14.5 Å². The molecule has 2 aromatic carbocycles. The minimum atomic E-state index is -0.574. The summed E-state index contributed by atoms with van der Waals surface area (Å²) in [5.41, 5.74) is 1.64. The van der Waals surface area contributed by atoms with Crippen molar-refractivity contribution in [3.05, 3.63) is 65.2 Å². The van der Waals surface area contributed by atoms with Crippen molar-refractivity contribution < 1.29 is 18.9 Å². The maximum Gasteiger partial charge on any atom is 0.494 e. The van der Waals surface area contributed by atoms with E-state index < -0.39 is 23.9 Å². The molecule has 0 N–H and O–H groups in total. The Labute approximate surface area is 195 Å². The number of carbonyl (C=O) groups is 2. The van der Waals surface area contributed by atoms with E-state index in [0.717, 1.165) is 29.8 Å². The van der Waals surface area contributed by atoms with Gasteiger partial charge in [0.2, 0.25) is 0 Å². The van der Waals surface area contributed by atoms with Crippen molar-refractivity contribution in [3.8, 4) is 0 Å². The fraction of sp³-hybridized carbons (Fsp3) is 0.481. The van der Waals surface area contributed by atoms with Crippen molar-refractivity contribution in [3.63, 3.8) is 0 Å². The van der Waals surface area contributed by atoms with Crippen LogP contribution in [0.4, 0.5) is 0 Å². The quantitative estimate of drug-likeness (QED) is 0.523. The van der Waals surface area contributed by atoms with Gasteiger partial charge in [-0.1, -0.05) is 36.4 Å². The SMILES string of the molecule is CC1(C)OB(c2ccc(C3(N4C(=O)c5ccccc5C4=O)CC(C4CC4)C3)cc2)OC1(C)C. The first-order chi connectivity index (χ1) is 15.6. The van der Waals surface area contributed by atoms with Crippen LogP contribution in [0.5, 0.6) is 0 Å². The second-order valence-corrected chi connectivity index (χ2v) is 11.2. The van der Waals surface area contributed by atoms with Crippen molar-refractivity contribution in [2.75, 3.05) is 0 Å². The number of nitrogens with zero attached hydrogens (tertiary/aromatic N) is 1. The van der Waals surface area contributed by atoms with Gasteiger partial charge in [0.25, 0.3) is 11.8 Å². The summed E-state index contributed by atoms with van der Waals surface area (Å²) in [4.78, 5) is 28.3. The summed E-state index contributed by atoms with van der Waals surface area (Å²) in [6.07, 6.45) is 4.23. The predicted molar refractivity (Wildman–Crippen MR) is 126 cm³/mol. The third-order valence-electron chi connectivity index (χ3n) is 8.68. The summed E-state index contributed by atoms with van der Waals surface area (Å²) in [7, 11) is -0.431. The van der Waals surface area contributed by atoms with Crippen LogP contribution in [0.25, 0.3) is 0 Å². The lowest BCUT2D eigenvalue weighted by molar-refractivity contribution is -0.0122. The summed E-state index contributed by atoms with van der Waals surface area (Å²) >= 11 is 0. The number of rotatable bonds is 4. The molecule has 0 radical (unpaired) electrons. The van der Waals surface area contributed by atoms with Gasteiger partial charge in [0.1, 0.15) is 0 Å². The average molecular weight is 443 g/mol. The van der Waals surface area contributed by atoms with E-state index in [9.17, 15) is 9.59 Å². The Hall–Kier alpha value is -2.44. The highest BCUT2D eigenvalue weighted by Gasteiger charge is 2.59. The van der Waals surface area contributed by atoms with Crippen molar-refractivity contribution in [1.29, 1.82) is 0 Å². The maximum atomic E-state index is 13.4. The van der Waals surface area contributed by atoms with E-state index in [1.54, 1.807) is 17.0 Å². The smallest absolute Gasteiger partial charge is 0.399 e. The van der Waals surface area contributed by atoms with Crippen LogP contribution >= 0.6 is 0 Å². The van der Waals surface area contributed by atoms with Gasteiger partial charge in [-0.25, -0.2) is 0 Å². The molecule has 33 heavy (non-hydrogen) atoms. The standard InChI is InChI=1S/C27H30BNO4/c1-25(2)26(3,4)33-28(32-25)20-13-11-19(12-14-20)27(15-18(16-27)17-9-10-17)29-23(30)21-7-5-6-8-22(21)24(29)31/h5-8,11-14,17-18H,9-10,15-16H2,1-4H3. The van der Waals surface area contributed by atoms with Crippen LogP contribution in [-0.2, 0) is 14.8 Å². The van der Waals surface area contributed by atoms with Gasteiger partial charge in [-0.2, -0.15) is 0 Å². The minimum Gasteiger partial charge on any atom is -0.399 e. The molecular weight excluding hydrogens is 413 g/mol. The zero-order valence-electron chi connectivity index (χ0n) is 19.8. The summed E-state index contributed by atoms with van der Waals surface area (Å²) in [5, 5.41) is 0. The van der Waals surface area contributed by atoms with Crippen molar-refractivity contribution >= 4 is 24.4 Å². The van der Waals surface area contributed by atoms with Gasteiger partial charge < -0.3 is 9.31 Å². The minimum absolute atomic E-state index is 0.167. The molecule has 6 heteroatoms. The lowest BCUT2D eigenvalue weighted by Crippen LogP contribution is -2.57. The highest BCUT2D eigenvalue weighted by molar-refractivity contribution is 6.62. The molecule has 0 spiro atoms. The molecule has 2 aliphatic heterocycles. The summed E-state index contributed by atoms with van der Waals surface area (Å²) < 4.78 is 12.4. The Kier molecular flexibility index (Phi) is 4.35. The first kappa shape index (κ1) is 21.1. The monoisotopic (exact) mass is 443 g/mol. The third kappa shape index (κ3) is 3.00. The first-order valence-corrected chi connectivity index (χ1v) is 12.1. The van der Waals surface area contributed by atoms with E-state index in [-0.39, 0.29) is 11.8 Å². The Morgan fingerprint density at radius 3 is 1.79 bits per heavy atom. The second-order valence-electron chi connectivity index (χ2n) is 11.2. The third-order valence-corrected chi connectivity index (χ3v) is 8.68. The molecule has 2 saturated carbocycles. The Bertz CT molecular complexity index is 1090. The lowest BCUT2D eigenvalue weighted by atomic mass is 9.61. The number of amides is 2. The van der Waals surface area contributed by atoms with Gasteiger partial charge in [0.05, 0.1) is 27.9 Å². The van der Waals surface area contributed by atoms with E-state index >= 15 is 0 Å². The molecule has 6 rings (SSSR count). The van der Waals surface area contributed by atoms with Crippen molar-refractivity contribution in [2.24, 2.45) is 11.8 Å². The van der Waals surface area contributed by atoms with Crippen LogP contribution in [0.15, 0.2) is 48.5 Å². The number of benzene rings is 2. The fourth-order valence-electron chi connectivity index (χ4n) is 5.76. The van der Waals surface area contributed by atoms with Crippen LogP contribution in [0.2, 0.25) is 0 Å². The molecule has 5 nitrogen and oxygen atoms in total. The number of hydrogen-bond donors (Lipinski definition) is 0. The van der Waals surface area contributed by atoms with Crippen molar-refractivity contribution in [2.45, 2.75) is 70.1 Å². The van der Waals surface area contributed by atoms with Crippen LogP contribution in [0, 0.1) is 11.8 Å². The average Bonchev–Trinajstić information content (AvgIpc) is 3.51. The van der Waals surface area contributed by atoms with Gasteiger partial charge in [0.15, 0.2) is 0 Å². The molecule has 0 aromatic heterocycles. The van der Waals surface area contributed by atoms with Gasteiger partial charge in [-0.15, -0.1) is 0 Å². The largest absolute Gasteiger partial charge is 0.494 e. The predicted octanol–water partition coefficient (Wildman–Crippen LogP) is 4.30. The van der Waals surface area contributed by atoms with Gasteiger partial charge >= 0.3 is 7.12 Å². The number of hydrogen-bond acceptors (Lipinski definition) is 4. The van der Waals surface area contributed by atoms with E-state index in [1.165, 1.54) is 12.8 Å². The summed E-state index contributed by atoms with van der Waals surface area (Å²) in [5.74, 6) is 0.995. The molecular formula is C27H30BNO4. The first-order valence-electron chi connectivity index (χ1n) is 12.1. The van der Waals surface area contributed by atoms with E-state index in [1.807, 2.05) is 52.0 Å². The normalized spacial score (nSPS) is 29.9. The number of carbonyl (C=O) groups excluding carboxylic acids is 2. The van der Waals surface area contributed by atoms with Crippen LogP contribution < -0.4 is 5.46 Å². The van der Waals surface area contributed by atoms with Crippen LogP contribution in [-0.4, -0.2) is 35.0 Å². The zero-order chi connectivity index (χ0) is 23.2. The van der Waals surface area contributed by atoms with Gasteiger partial charge in [0, 0.05) is 0 Å². The maximum absolute atomic E-state index is 13.4. The second kappa shape index (κ2) is 6.80. The Balaban J connectivity index is 1.33. The molecule has 2 amide bonds. The zero-order valence-corrected chi connectivity index (χ0v) is 19.8. The Morgan fingerprint density at radius 1 is 0.788 bits per heavy atom. The fourth-order valence-corrected chi connectivity index (χ4v) is 5.76. The molecule has 1 saturated heterocycles. The van der Waals surface area contributed by atoms with E-state index in [4.69, 9.17) is 9.31 Å². The molecule has 3 fully saturated rings. The highest BCUT2D eigenvalue weighted by atomic mass is 16.7. The van der Waals surface area contributed by atoms with E-state index in [2.05, 4.69) is 12.1 Å². The molecule has 2 heterocycles. The molecule has 170 valence electrons. The summed E-state index contributed by atoms with van der Waals surface area (Å²) in [6.45, 7) is 8.19. The Morgan fingerprint density at radius 2 is 1.30 bits per heavy atom. The highest BCUT2D eigenvalue weighted by Crippen LogP contribution is 2.59. The van der Waals surface area contributed by atoms with E-state index in [0.29, 0.717) is 17.0 Å². The number of imide groups is 1. The number of fused-ring (bicyclic) bond motifs is 1. The molecule has 0 unspecified atom stereocenters. The van der Waals surface area contributed by atoms with Crippen LogP contribution in [0.1, 0.15) is 79.7 Å². The molecule has 0 atom stereocenters. The lowest BCUT2D eigenvalue weighted by Gasteiger charge is -2.53.